The van der Waals surface area contributed by atoms with Gasteiger partial charge in [0.1, 0.15) is 0 Å². The van der Waals surface area contributed by atoms with Gasteiger partial charge < -0.3 is 15.2 Å². The van der Waals surface area contributed by atoms with Gasteiger partial charge in [0.15, 0.2) is 5.96 Å². The predicted octanol–water partition coefficient (Wildman–Crippen LogP) is 3.86. The minimum atomic E-state index is 0.285. The van der Waals surface area contributed by atoms with E-state index in [0.717, 1.165) is 18.2 Å². The molecule has 1 aliphatic rings. The molecule has 1 saturated carbocycles. The Hall–Kier alpha value is -2.73. The van der Waals surface area contributed by atoms with E-state index in [-0.39, 0.29) is 4.75 Å². The second-order valence-corrected chi connectivity index (χ2v) is 8.52. The molecule has 0 saturated heterocycles. The summed E-state index contributed by atoms with van der Waals surface area (Å²) in [4.78, 5) is 9.88. The Morgan fingerprint density at radius 3 is 2.61 bits per heavy atom. The van der Waals surface area contributed by atoms with Crippen LogP contribution in [0.4, 0.5) is 0 Å². The fraction of sp³-hybridized carbons (Fsp3) is 0.273. The Morgan fingerprint density at radius 2 is 1.89 bits per heavy atom. The van der Waals surface area contributed by atoms with Crippen LogP contribution in [0.3, 0.4) is 0 Å². The van der Waals surface area contributed by atoms with Gasteiger partial charge in [0.05, 0.1) is 12.0 Å². The lowest BCUT2D eigenvalue weighted by atomic mass is 10.1. The summed E-state index contributed by atoms with van der Waals surface area (Å²) in [6, 6.07) is 19.0. The first-order valence-electron chi connectivity index (χ1n) is 9.53. The van der Waals surface area contributed by atoms with Gasteiger partial charge in [-0.2, -0.15) is 0 Å². The molecular weight excluding hydrogens is 366 g/mol. The molecule has 4 rings (SSSR count). The lowest BCUT2D eigenvalue weighted by molar-refractivity contribution is 0.764. The Labute approximate surface area is 170 Å². The molecule has 1 fully saturated rings. The zero-order chi connectivity index (χ0) is 19.2. The first-order chi connectivity index (χ1) is 13.8. The van der Waals surface area contributed by atoms with E-state index in [2.05, 4.69) is 69.1 Å². The Balaban J connectivity index is 1.34. The summed E-state index contributed by atoms with van der Waals surface area (Å²) in [5.41, 5.74) is 2.32. The van der Waals surface area contributed by atoms with E-state index in [1.807, 2.05) is 42.0 Å². The summed E-state index contributed by atoms with van der Waals surface area (Å²) in [5, 5.41) is 6.96. The number of nitrogens with one attached hydrogen (secondary N) is 2. The molecule has 1 aliphatic carbocycles. The van der Waals surface area contributed by atoms with E-state index in [1.165, 1.54) is 23.3 Å². The molecule has 0 atom stereocenters. The SMILES string of the molecule is CN=C(NCc1ccccc1-n1ccnc1)NCC1(Sc2ccccc2)CC1. The van der Waals surface area contributed by atoms with Crippen LogP contribution in [0.5, 0.6) is 0 Å². The molecule has 0 amide bonds. The Bertz CT molecular complexity index is 917. The summed E-state index contributed by atoms with van der Waals surface area (Å²) in [5.74, 6) is 0.834. The summed E-state index contributed by atoms with van der Waals surface area (Å²) >= 11 is 1.97. The van der Waals surface area contributed by atoms with Crippen molar-refractivity contribution in [3.8, 4) is 5.69 Å². The predicted molar refractivity (Wildman–Crippen MR) is 116 cm³/mol. The molecule has 5 nitrogen and oxygen atoms in total. The van der Waals surface area contributed by atoms with Crippen LogP contribution in [0.2, 0.25) is 0 Å². The maximum absolute atomic E-state index is 4.40. The molecule has 0 aliphatic heterocycles. The minimum Gasteiger partial charge on any atom is -0.355 e. The molecule has 3 aromatic rings. The summed E-state index contributed by atoms with van der Waals surface area (Å²) in [7, 11) is 1.82. The number of rotatable bonds is 7. The van der Waals surface area contributed by atoms with Crippen LogP contribution in [0.25, 0.3) is 5.69 Å². The molecule has 6 heteroatoms. The smallest absolute Gasteiger partial charge is 0.191 e. The molecule has 0 unspecified atom stereocenters. The molecule has 0 radical (unpaired) electrons. The number of aromatic nitrogens is 2. The van der Waals surface area contributed by atoms with Gasteiger partial charge >= 0.3 is 0 Å². The van der Waals surface area contributed by atoms with Crippen LogP contribution in [-0.4, -0.2) is 33.9 Å². The van der Waals surface area contributed by atoms with Gasteiger partial charge in [0, 0.05) is 42.2 Å². The van der Waals surface area contributed by atoms with Crippen LogP contribution in [0.1, 0.15) is 18.4 Å². The molecule has 0 bridgehead atoms. The molecule has 144 valence electrons. The number of aliphatic imine (C=N–C) groups is 1. The van der Waals surface area contributed by atoms with Crippen molar-refractivity contribution in [1.82, 2.24) is 20.2 Å². The normalized spacial score (nSPS) is 15.2. The van der Waals surface area contributed by atoms with Crippen molar-refractivity contribution in [2.75, 3.05) is 13.6 Å². The second kappa shape index (κ2) is 8.52. The van der Waals surface area contributed by atoms with Crippen molar-refractivity contribution < 1.29 is 0 Å². The fourth-order valence-electron chi connectivity index (χ4n) is 3.15. The Kier molecular flexibility index (Phi) is 5.67. The maximum Gasteiger partial charge on any atom is 0.191 e. The van der Waals surface area contributed by atoms with E-state index in [4.69, 9.17) is 0 Å². The van der Waals surface area contributed by atoms with E-state index in [9.17, 15) is 0 Å². The largest absolute Gasteiger partial charge is 0.355 e. The third-order valence-electron chi connectivity index (χ3n) is 4.91. The highest BCUT2D eigenvalue weighted by Gasteiger charge is 2.43. The van der Waals surface area contributed by atoms with Crippen LogP contribution < -0.4 is 10.6 Å². The van der Waals surface area contributed by atoms with Crippen LogP contribution in [-0.2, 0) is 6.54 Å². The van der Waals surface area contributed by atoms with Gasteiger partial charge in [0.2, 0.25) is 0 Å². The standard InChI is InChI=1S/C22H25N5S/c1-23-21(26-16-22(11-12-22)28-19-8-3-2-4-9-19)25-15-18-7-5-6-10-20(18)27-14-13-24-17-27/h2-10,13-14,17H,11-12,15-16H2,1H3,(H2,23,25,26). The van der Waals surface area contributed by atoms with Crippen molar-refractivity contribution in [3.63, 3.8) is 0 Å². The average Bonchev–Trinajstić information content (AvgIpc) is 3.27. The van der Waals surface area contributed by atoms with Crippen molar-refractivity contribution in [1.29, 1.82) is 0 Å². The topological polar surface area (TPSA) is 54.2 Å². The van der Waals surface area contributed by atoms with Crippen molar-refractivity contribution in [2.24, 2.45) is 4.99 Å². The number of hydrogen-bond acceptors (Lipinski definition) is 3. The number of benzene rings is 2. The molecule has 28 heavy (non-hydrogen) atoms. The fourth-order valence-corrected chi connectivity index (χ4v) is 4.39. The van der Waals surface area contributed by atoms with Gasteiger partial charge in [-0.05, 0) is 36.6 Å². The van der Waals surface area contributed by atoms with Crippen LogP contribution >= 0.6 is 11.8 Å². The number of guanidine groups is 1. The highest BCUT2D eigenvalue weighted by atomic mass is 32.2. The van der Waals surface area contributed by atoms with Gasteiger partial charge in [-0.25, -0.2) is 4.98 Å². The van der Waals surface area contributed by atoms with Crippen molar-refractivity contribution in [3.05, 3.63) is 78.9 Å². The minimum absolute atomic E-state index is 0.285. The van der Waals surface area contributed by atoms with Gasteiger partial charge in [0.25, 0.3) is 0 Å². The third-order valence-corrected chi connectivity index (χ3v) is 6.40. The average molecular weight is 392 g/mol. The molecule has 0 spiro atoms. The van der Waals surface area contributed by atoms with Gasteiger partial charge in [-0.1, -0.05) is 36.4 Å². The van der Waals surface area contributed by atoms with Gasteiger partial charge in [-0.3, -0.25) is 4.99 Å². The number of thioether (sulfide) groups is 1. The van der Waals surface area contributed by atoms with Crippen LogP contribution in [0.15, 0.2) is 83.2 Å². The zero-order valence-corrected chi connectivity index (χ0v) is 16.8. The number of imidazole rings is 1. The first kappa shape index (κ1) is 18.6. The summed E-state index contributed by atoms with van der Waals surface area (Å²) < 4.78 is 2.32. The molecule has 1 heterocycles. The van der Waals surface area contributed by atoms with Crippen molar-refractivity contribution >= 4 is 17.7 Å². The van der Waals surface area contributed by atoms with Crippen molar-refractivity contribution in [2.45, 2.75) is 29.0 Å². The zero-order valence-electron chi connectivity index (χ0n) is 16.0. The maximum atomic E-state index is 4.40. The second-order valence-electron chi connectivity index (χ2n) is 6.98. The molecule has 1 aromatic heterocycles. The summed E-state index contributed by atoms with van der Waals surface area (Å²) in [6.45, 7) is 1.61. The summed E-state index contributed by atoms with van der Waals surface area (Å²) in [6.07, 6.45) is 8.05. The highest BCUT2D eigenvalue weighted by Crippen LogP contribution is 2.51. The number of para-hydroxylation sites is 1. The lowest BCUT2D eigenvalue weighted by Crippen LogP contribution is -2.40. The Morgan fingerprint density at radius 1 is 1.11 bits per heavy atom. The van der Waals surface area contributed by atoms with Crippen LogP contribution in [0, 0.1) is 0 Å². The third kappa shape index (κ3) is 4.57. The van der Waals surface area contributed by atoms with E-state index in [1.54, 1.807) is 6.20 Å². The highest BCUT2D eigenvalue weighted by molar-refractivity contribution is 8.01. The molecule has 2 N–H and O–H groups in total. The molecule has 2 aromatic carbocycles. The quantitative estimate of drug-likeness (QED) is 0.474. The molecular formula is C22H25N5S. The van der Waals surface area contributed by atoms with E-state index >= 15 is 0 Å². The number of hydrogen-bond donors (Lipinski definition) is 2. The van der Waals surface area contributed by atoms with E-state index in [0.29, 0.717) is 6.54 Å². The van der Waals surface area contributed by atoms with Gasteiger partial charge in [-0.15, -0.1) is 11.8 Å². The lowest BCUT2D eigenvalue weighted by Gasteiger charge is -2.19. The monoisotopic (exact) mass is 391 g/mol. The first-order valence-corrected chi connectivity index (χ1v) is 10.3. The number of nitrogens with zero attached hydrogens (tertiary/aromatic N) is 3. The van der Waals surface area contributed by atoms with E-state index < -0.39 is 0 Å².